The molecule has 3 amide bonds. The Bertz CT molecular complexity index is 3060. The average Bonchev–Trinajstić information content (AvgIpc) is 4.11. The van der Waals surface area contributed by atoms with E-state index in [1.807, 2.05) is 88.0 Å². The third-order valence-corrected chi connectivity index (χ3v) is 16.5. The number of aromatic nitrogens is 5. The van der Waals surface area contributed by atoms with Crippen LogP contribution in [0.1, 0.15) is 122 Å². The summed E-state index contributed by atoms with van der Waals surface area (Å²) in [4.78, 5) is 59.8. The second-order valence-corrected chi connectivity index (χ2v) is 23.1. The van der Waals surface area contributed by atoms with Crippen molar-refractivity contribution in [3.63, 3.8) is 0 Å². The molecule has 5 atom stereocenters. The van der Waals surface area contributed by atoms with Crippen molar-refractivity contribution < 1.29 is 24.2 Å². The van der Waals surface area contributed by atoms with Crippen LogP contribution in [-0.2, 0) is 20.8 Å². The number of aryl methyl sites for hydroxylation is 4. The summed E-state index contributed by atoms with van der Waals surface area (Å²) in [5.41, 5.74) is 9.72. The number of nitrogens with zero attached hydrogens (tertiary/aromatic N) is 7. The van der Waals surface area contributed by atoms with Gasteiger partial charge in [-0.05, 0) is 86.9 Å². The molecule has 73 heavy (non-hydrogen) atoms. The minimum absolute atomic E-state index is 0.0842. The summed E-state index contributed by atoms with van der Waals surface area (Å²) in [6.07, 6.45) is 2.96. The minimum atomic E-state index is -0.844. The van der Waals surface area contributed by atoms with E-state index < -0.39 is 29.6 Å². The number of hydrogen-bond acceptors (Lipinski definition) is 13. The Balaban J connectivity index is 0.767. The lowest BCUT2D eigenvalue weighted by Gasteiger charge is -2.36. The summed E-state index contributed by atoms with van der Waals surface area (Å²) in [7, 11) is 0. The molecule has 3 aliphatic rings. The largest absolute Gasteiger partial charge is 0.474 e. The van der Waals surface area contributed by atoms with Gasteiger partial charge in [0, 0.05) is 83.3 Å². The van der Waals surface area contributed by atoms with Gasteiger partial charge in [0.05, 0.1) is 40.4 Å². The molecule has 1 saturated carbocycles. The molecule has 0 spiro atoms. The minimum Gasteiger partial charge on any atom is -0.474 e. The monoisotopic (exact) mass is 1040 g/mol. The highest BCUT2D eigenvalue weighted by molar-refractivity contribution is 7.15. The molecule has 4 N–H and O–H groups in total. The number of amides is 3. The van der Waals surface area contributed by atoms with Gasteiger partial charge in [0.2, 0.25) is 23.6 Å². The van der Waals surface area contributed by atoms with Crippen molar-refractivity contribution in [1.29, 1.82) is 0 Å². The standard InChI is InChI=1S/C55H63ClN10O5S2/c1-29-33(5)73-54-48(29)49(37-15-17-39(56)18-16-37)61-43(52-64-63-34(6)66(52)54)26-46(69)60-40-23-42(24-40)71-47-22-35(20-21-57-47)10-19-45(68)62-51(55(7,8)9)53(70)65-27-41(67)25-44(65)31(3)59-30(2)36-11-13-38(14-12-36)50-32(4)58-28-72-50/h11-18,20-22,28,30,40-44,51,59,67H,3,10,19,23-27H2,1-2,4-9H3,(H,60,69)(H,62,68)/t30-,40?,41+,42?,43-,44-,51+/m0/s1. The molecule has 6 heterocycles. The van der Waals surface area contributed by atoms with Crippen molar-refractivity contribution in [2.24, 2.45) is 10.4 Å². The van der Waals surface area contributed by atoms with Crippen molar-refractivity contribution in [3.05, 3.63) is 140 Å². The third kappa shape index (κ3) is 11.3. The number of thiophene rings is 1. The van der Waals surface area contributed by atoms with Gasteiger partial charge in [-0.15, -0.1) is 32.9 Å². The zero-order valence-corrected chi connectivity index (χ0v) is 44.9. The molecule has 0 radical (unpaired) electrons. The van der Waals surface area contributed by atoms with Gasteiger partial charge in [-0.1, -0.05) is 75.3 Å². The molecular weight excluding hydrogens is 980 g/mol. The highest BCUT2D eigenvalue weighted by Gasteiger charge is 2.43. The lowest BCUT2D eigenvalue weighted by atomic mass is 9.85. The van der Waals surface area contributed by atoms with Crippen LogP contribution in [0.3, 0.4) is 0 Å². The molecule has 2 aliphatic heterocycles. The van der Waals surface area contributed by atoms with E-state index in [0.29, 0.717) is 48.1 Å². The van der Waals surface area contributed by atoms with Gasteiger partial charge in [0.1, 0.15) is 29.0 Å². The number of hydrogen-bond donors (Lipinski definition) is 4. The topological polar surface area (TPSA) is 189 Å². The number of halogens is 1. The van der Waals surface area contributed by atoms with Gasteiger partial charge < -0.3 is 30.7 Å². The predicted octanol–water partition coefficient (Wildman–Crippen LogP) is 9.03. The second-order valence-electron chi connectivity index (χ2n) is 20.6. The molecule has 15 nitrogen and oxygen atoms in total. The Kier molecular flexibility index (Phi) is 15.1. The van der Waals surface area contributed by atoms with E-state index in [9.17, 15) is 19.5 Å². The van der Waals surface area contributed by atoms with Gasteiger partial charge in [-0.3, -0.25) is 23.9 Å². The fourth-order valence-corrected chi connectivity index (χ4v) is 12.0. The van der Waals surface area contributed by atoms with E-state index in [2.05, 4.69) is 80.8 Å². The van der Waals surface area contributed by atoms with E-state index in [-0.39, 0.29) is 55.3 Å². The number of rotatable bonds is 16. The maximum Gasteiger partial charge on any atom is 0.246 e. The smallest absolute Gasteiger partial charge is 0.246 e. The summed E-state index contributed by atoms with van der Waals surface area (Å²) in [6.45, 7) is 20.4. The van der Waals surface area contributed by atoms with E-state index in [0.717, 1.165) is 60.5 Å². The van der Waals surface area contributed by atoms with Gasteiger partial charge in [-0.25, -0.2) is 9.97 Å². The summed E-state index contributed by atoms with van der Waals surface area (Å²) in [5.74, 6) is 1.12. The van der Waals surface area contributed by atoms with Gasteiger partial charge in [0.25, 0.3) is 0 Å². The first-order valence-electron chi connectivity index (χ1n) is 24.8. The molecule has 2 aromatic carbocycles. The highest BCUT2D eigenvalue weighted by Crippen LogP contribution is 2.40. The summed E-state index contributed by atoms with van der Waals surface area (Å²) < 4.78 is 8.29. The first kappa shape index (κ1) is 51.6. The van der Waals surface area contributed by atoms with Crippen LogP contribution >= 0.6 is 34.3 Å². The Morgan fingerprint density at radius 2 is 1.67 bits per heavy atom. The Morgan fingerprint density at radius 1 is 0.945 bits per heavy atom. The van der Waals surface area contributed by atoms with Crippen LogP contribution in [0.15, 0.2) is 89.6 Å². The quantitative estimate of drug-likeness (QED) is 0.0728. The predicted molar refractivity (Wildman–Crippen MR) is 287 cm³/mol. The number of thiazole rings is 1. The number of carbonyl (C=O) groups excluding carboxylic acids is 3. The lowest BCUT2D eigenvalue weighted by molar-refractivity contribution is -0.140. The molecule has 1 saturated heterocycles. The van der Waals surface area contributed by atoms with E-state index in [1.165, 1.54) is 4.88 Å². The van der Waals surface area contributed by atoms with E-state index >= 15 is 0 Å². The number of carbonyl (C=O) groups is 3. The van der Waals surface area contributed by atoms with Crippen molar-refractivity contribution in [2.75, 3.05) is 6.54 Å². The van der Waals surface area contributed by atoms with Crippen molar-refractivity contribution in [1.82, 2.24) is 45.6 Å². The van der Waals surface area contributed by atoms with Crippen LogP contribution in [0.25, 0.3) is 15.4 Å². The first-order chi connectivity index (χ1) is 34.8. The van der Waals surface area contributed by atoms with Crippen molar-refractivity contribution in [2.45, 2.75) is 136 Å². The highest BCUT2D eigenvalue weighted by atomic mass is 35.5. The molecule has 0 unspecified atom stereocenters. The molecule has 382 valence electrons. The molecule has 0 bridgehead atoms. The number of fused-ring (bicyclic) bond motifs is 3. The molecule has 1 aliphatic carbocycles. The van der Waals surface area contributed by atoms with Gasteiger partial charge in [0.15, 0.2) is 5.82 Å². The molecule has 4 aromatic heterocycles. The Hall–Kier alpha value is -6.27. The number of ether oxygens (including phenoxy) is 1. The number of aliphatic hydroxyl groups is 1. The average molecular weight is 1040 g/mol. The SMILES string of the molecule is C=C(N[C@@H](C)c1ccc(-c2scnc2C)cc1)[C@@H]1C[C@@H](O)CN1C(=O)[C@@H](NC(=O)CCc1ccnc(OC2CC(NC(=O)C[C@@H]3N=C(c4ccc(Cl)cc4)c4c(sc(C)c4C)-n4c(C)nnc43)C2)c1)C(C)(C)C. The fraction of sp³-hybridized carbons (Fsp3) is 0.418. The number of pyridine rings is 1. The van der Waals surface area contributed by atoms with Crippen LogP contribution in [-0.4, -0.2) is 95.1 Å². The van der Waals surface area contributed by atoms with Gasteiger partial charge >= 0.3 is 0 Å². The Labute approximate surface area is 439 Å². The number of benzene rings is 2. The van der Waals surface area contributed by atoms with Crippen LogP contribution in [0.5, 0.6) is 5.88 Å². The summed E-state index contributed by atoms with van der Waals surface area (Å²) in [5, 5.41) is 31.1. The number of nitrogens with one attached hydrogen (secondary N) is 3. The molecule has 18 heteroatoms. The van der Waals surface area contributed by atoms with Gasteiger partial charge in [-0.2, -0.15) is 0 Å². The van der Waals surface area contributed by atoms with Crippen LogP contribution in [0.2, 0.25) is 5.02 Å². The van der Waals surface area contributed by atoms with Crippen molar-refractivity contribution >= 4 is 57.7 Å². The molecule has 6 aromatic rings. The van der Waals surface area contributed by atoms with E-state index in [1.54, 1.807) is 33.8 Å². The van der Waals surface area contributed by atoms with E-state index in [4.69, 9.17) is 21.3 Å². The fourth-order valence-electron chi connectivity index (χ4n) is 9.87. The van der Waals surface area contributed by atoms with Crippen molar-refractivity contribution in [3.8, 4) is 21.3 Å². The summed E-state index contributed by atoms with van der Waals surface area (Å²) >= 11 is 9.56. The first-order valence-corrected chi connectivity index (χ1v) is 26.9. The molecule has 9 rings (SSSR count). The maximum absolute atomic E-state index is 14.4. The number of likely N-dealkylation sites (tertiary alicyclic amines) is 1. The number of aliphatic hydroxyl groups excluding tert-OH is 1. The second kappa shape index (κ2) is 21.3. The zero-order chi connectivity index (χ0) is 51.9. The lowest BCUT2D eigenvalue weighted by Crippen LogP contribution is -2.56. The number of aliphatic imine (C=N–C) groups is 1. The maximum atomic E-state index is 14.4. The van der Waals surface area contributed by atoms with Crippen LogP contribution in [0, 0.1) is 33.1 Å². The summed E-state index contributed by atoms with van der Waals surface area (Å²) in [6, 6.07) is 17.6. The molecule has 2 fully saturated rings. The Morgan fingerprint density at radius 3 is 2.37 bits per heavy atom. The third-order valence-electron chi connectivity index (χ3n) is 14.1. The number of β-amino-alcohol motifs (C(OH)–C–C–N with tert-alkyl or cyclic N) is 1. The van der Waals surface area contributed by atoms with Crippen LogP contribution < -0.4 is 20.7 Å². The molecular formula is C55H63ClN10O5S2. The zero-order valence-electron chi connectivity index (χ0n) is 42.5. The van der Waals surface area contributed by atoms with Crippen LogP contribution in [0.4, 0.5) is 0 Å². The normalized spacial score (nSPS) is 20.2.